The molecule has 0 aliphatic heterocycles. The molecule has 0 aliphatic rings. The Kier molecular flexibility index (Phi) is 6.68. The third-order valence-corrected chi connectivity index (χ3v) is 3.62. The van der Waals surface area contributed by atoms with Crippen LogP contribution in [0.4, 0.5) is 18.9 Å². The van der Waals surface area contributed by atoms with E-state index >= 15 is 0 Å². The van der Waals surface area contributed by atoms with Gasteiger partial charge in [-0.05, 0) is 36.8 Å². The van der Waals surface area contributed by atoms with Crippen LogP contribution in [0.15, 0.2) is 42.5 Å². The van der Waals surface area contributed by atoms with Crippen LogP contribution in [-0.2, 0) is 20.5 Å². The number of rotatable bonds is 6. The zero-order valence-electron chi connectivity index (χ0n) is 14.1. The number of amides is 1. The van der Waals surface area contributed by atoms with Crippen molar-refractivity contribution in [2.75, 3.05) is 18.5 Å². The van der Waals surface area contributed by atoms with Crippen LogP contribution in [0.2, 0.25) is 5.02 Å². The van der Waals surface area contributed by atoms with E-state index in [-0.39, 0.29) is 5.75 Å². The van der Waals surface area contributed by atoms with E-state index in [1.807, 2.05) is 6.92 Å². The second kappa shape index (κ2) is 8.77. The Morgan fingerprint density at radius 1 is 1.11 bits per heavy atom. The lowest BCUT2D eigenvalue weighted by atomic mass is 10.1. The van der Waals surface area contributed by atoms with Crippen molar-refractivity contribution < 1.29 is 32.2 Å². The zero-order valence-corrected chi connectivity index (χ0v) is 14.9. The molecule has 0 aromatic heterocycles. The molecule has 1 amide bonds. The molecule has 0 atom stereocenters. The molecule has 0 saturated carbocycles. The van der Waals surface area contributed by atoms with Crippen LogP contribution in [-0.4, -0.2) is 25.1 Å². The number of nitrogens with one attached hydrogen (secondary N) is 1. The van der Waals surface area contributed by atoms with E-state index < -0.39 is 42.5 Å². The molecular formula is C18H15ClF3NO4. The van der Waals surface area contributed by atoms with Gasteiger partial charge >= 0.3 is 12.1 Å². The van der Waals surface area contributed by atoms with E-state index in [9.17, 15) is 22.8 Å². The first-order chi connectivity index (χ1) is 12.7. The highest BCUT2D eigenvalue weighted by atomic mass is 35.5. The summed E-state index contributed by atoms with van der Waals surface area (Å²) >= 11 is 5.92. The molecule has 0 radical (unpaired) electrons. The molecule has 9 heteroatoms. The molecule has 2 aromatic carbocycles. The summed E-state index contributed by atoms with van der Waals surface area (Å²) in [7, 11) is 0. The molecule has 0 saturated heterocycles. The van der Waals surface area contributed by atoms with Crippen molar-refractivity contribution in [1.82, 2.24) is 0 Å². The standard InChI is InChI=1S/C18H15ClF3NO4/c1-11-6-7-13(19)15(8-11)26-10-17(25)27-9-16(24)23-14-5-3-2-4-12(14)18(20,21)22/h2-8H,9-10H2,1H3,(H,23,24). The Bertz CT molecular complexity index is 840. The van der Waals surface area contributed by atoms with E-state index in [0.29, 0.717) is 5.02 Å². The maximum absolute atomic E-state index is 12.9. The summed E-state index contributed by atoms with van der Waals surface area (Å²) in [6.45, 7) is 0.552. The number of aryl methyl sites for hydroxylation is 1. The second-order valence-corrected chi connectivity index (χ2v) is 5.88. The number of hydrogen-bond donors (Lipinski definition) is 1. The van der Waals surface area contributed by atoms with Crippen molar-refractivity contribution in [1.29, 1.82) is 0 Å². The number of halogens is 4. The van der Waals surface area contributed by atoms with Gasteiger partial charge in [0.25, 0.3) is 5.91 Å². The van der Waals surface area contributed by atoms with Gasteiger partial charge in [0.1, 0.15) is 5.75 Å². The number of benzene rings is 2. The van der Waals surface area contributed by atoms with Gasteiger partial charge in [-0.2, -0.15) is 13.2 Å². The maximum atomic E-state index is 12.9. The average Bonchev–Trinajstić information content (AvgIpc) is 2.60. The fourth-order valence-electron chi connectivity index (χ4n) is 2.07. The van der Waals surface area contributed by atoms with Gasteiger partial charge < -0.3 is 14.8 Å². The summed E-state index contributed by atoms with van der Waals surface area (Å²) in [6, 6.07) is 9.46. The predicted molar refractivity (Wildman–Crippen MR) is 92.7 cm³/mol. The van der Waals surface area contributed by atoms with Crippen molar-refractivity contribution in [2.24, 2.45) is 0 Å². The van der Waals surface area contributed by atoms with Crippen molar-refractivity contribution >= 4 is 29.2 Å². The molecule has 0 unspecified atom stereocenters. The van der Waals surface area contributed by atoms with E-state index in [0.717, 1.165) is 17.7 Å². The third-order valence-electron chi connectivity index (χ3n) is 3.30. The van der Waals surface area contributed by atoms with Crippen LogP contribution in [0.3, 0.4) is 0 Å². The molecule has 5 nitrogen and oxygen atoms in total. The average molecular weight is 402 g/mol. The summed E-state index contributed by atoms with van der Waals surface area (Å²) in [5, 5.41) is 2.37. The van der Waals surface area contributed by atoms with E-state index in [1.165, 1.54) is 12.1 Å². The smallest absolute Gasteiger partial charge is 0.418 e. The fourth-order valence-corrected chi connectivity index (χ4v) is 2.24. The minimum atomic E-state index is -4.62. The Labute approximate surface area is 158 Å². The van der Waals surface area contributed by atoms with Gasteiger partial charge in [0.05, 0.1) is 16.3 Å². The van der Waals surface area contributed by atoms with Crippen molar-refractivity contribution in [3.63, 3.8) is 0 Å². The summed E-state index contributed by atoms with van der Waals surface area (Å²) < 4.78 is 48.5. The molecule has 0 bridgehead atoms. The monoisotopic (exact) mass is 401 g/mol. The van der Waals surface area contributed by atoms with Gasteiger partial charge in [0.15, 0.2) is 13.2 Å². The van der Waals surface area contributed by atoms with Crippen LogP contribution in [0.1, 0.15) is 11.1 Å². The highest BCUT2D eigenvalue weighted by molar-refractivity contribution is 6.32. The highest BCUT2D eigenvalue weighted by Crippen LogP contribution is 2.34. The molecule has 1 N–H and O–H groups in total. The van der Waals surface area contributed by atoms with Crippen LogP contribution < -0.4 is 10.1 Å². The summed E-state index contributed by atoms with van der Waals surface area (Å²) in [5.41, 5.74) is -0.554. The van der Waals surface area contributed by atoms with E-state index in [4.69, 9.17) is 21.1 Å². The van der Waals surface area contributed by atoms with Gasteiger partial charge in [-0.1, -0.05) is 29.8 Å². The first-order valence-corrected chi connectivity index (χ1v) is 8.05. The number of ether oxygens (including phenoxy) is 2. The Morgan fingerprint density at radius 3 is 2.52 bits per heavy atom. The summed E-state index contributed by atoms with van der Waals surface area (Å²) in [4.78, 5) is 23.4. The Balaban J connectivity index is 1.85. The normalized spacial score (nSPS) is 11.0. The molecule has 144 valence electrons. The topological polar surface area (TPSA) is 64.6 Å². The molecule has 2 aromatic rings. The minimum absolute atomic E-state index is 0.275. The highest BCUT2D eigenvalue weighted by Gasteiger charge is 2.33. The number of esters is 1. The lowest BCUT2D eigenvalue weighted by Gasteiger charge is -2.13. The van der Waals surface area contributed by atoms with Gasteiger partial charge in [0.2, 0.25) is 0 Å². The number of hydrogen-bond acceptors (Lipinski definition) is 4. The lowest BCUT2D eigenvalue weighted by molar-refractivity contribution is -0.149. The molecule has 0 spiro atoms. The second-order valence-electron chi connectivity index (χ2n) is 5.47. The molecule has 0 heterocycles. The Hall–Kier alpha value is -2.74. The third kappa shape index (κ3) is 6.18. The van der Waals surface area contributed by atoms with Gasteiger partial charge in [-0.25, -0.2) is 4.79 Å². The van der Waals surface area contributed by atoms with Gasteiger partial charge in [-0.3, -0.25) is 4.79 Å². The van der Waals surface area contributed by atoms with Crippen LogP contribution in [0.5, 0.6) is 5.75 Å². The van der Waals surface area contributed by atoms with E-state index in [1.54, 1.807) is 18.2 Å². The first-order valence-electron chi connectivity index (χ1n) is 7.67. The molecule has 0 fully saturated rings. The molecular weight excluding hydrogens is 387 g/mol. The van der Waals surface area contributed by atoms with Crippen molar-refractivity contribution in [3.05, 3.63) is 58.6 Å². The lowest BCUT2D eigenvalue weighted by Crippen LogP contribution is -2.24. The van der Waals surface area contributed by atoms with Crippen LogP contribution in [0, 0.1) is 6.92 Å². The molecule has 0 aliphatic carbocycles. The Morgan fingerprint density at radius 2 is 1.81 bits per heavy atom. The van der Waals surface area contributed by atoms with Crippen molar-refractivity contribution in [2.45, 2.75) is 13.1 Å². The first kappa shape index (κ1) is 20.6. The molecule has 27 heavy (non-hydrogen) atoms. The molecule has 2 rings (SSSR count). The summed E-state index contributed by atoms with van der Waals surface area (Å²) in [5.74, 6) is -1.50. The number of carbonyl (C=O) groups excluding carboxylic acids is 2. The van der Waals surface area contributed by atoms with Crippen LogP contribution >= 0.6 is 11.6 Å². The predicted octanol–water partition coefficient (Wildman–Crippen LogP) is 4.23. The van der Waals surface area contributed by atoms with Gasteiger partial charge in [-0.15, -0.1) is 0 Å². The number of anilines is 1. The number of para-hydroxylation sites is 1. The SMILES string of the molecule is Cc1ccc(Cl)c(OCC(=O)OCC(=O)Nc2ccccc2C(F)(F)F)c1. The van der Waals surface area contributed by atoms with Crippen molar-refractivity contribution in [3.8, 4) is 5.75 Å². The van der Waals surface area contributed by atoms with Crippen LogP contribution in [0.25, 0.3) is 0 Å². The van der Waals surface area contributed by atoms with E-state index in [2.05, 4.69) is 5.32 Å². The van der Waals surface area contributed by atoms with Gasteiger partial charge in [0, 0.05) is 0 Å². The fraction of sp³-hybridized carbons (Fsp3) is 0.222. The minimum Gasteiger partial charge on any atom is -0.480 e. The zero-order chi connectivity index (χ0) is 20.0. The largest absolute Gasteiger partial charge is 0.480 e. The quantitative estimate of drug-likeness (QED) is 0.736. The summed E-state index contributed by atoms with van der Waals surface area (Å²) in [6.07, 6.45) is -4.62. The maximum Gasteiger partial charge on any atom is 0.418 e. The number of carbonyl (C=O) groups is 2. The number of alkyl halides is 3.